The normalized spacial score (nSPS) is 15.4. The number of amides is 2. The van der Waals surface area contributed by atoms with Crippen molar-refractivity contribution in [2.24, 2.45) is 0 Å². The molecule has 0 aliphatic heterocycles. The molecule has 32 heavy (non-hydrogen) atoms. The summed E-state index contributed by atoms with van der Waals surface area (Å²) in [5, 5.41) is 14.2. The lowest BCUT2D eigenvalue weighted by Crippen LogP contribution is -2.47. The summed E-state index contributed by atoms with van der Waals surface area (Å²) >= 11 is 5.90. The summed E-state index contributed by atoms with van der Waals surface area (Å²) in [4.78, 5) is 31.7. The van der Waals surface area contributed by atoms with Gasteiger partial charge >= 0.3 is 0 Å². The molecular weight excluding hydrogens is 426 g/mol. The van der Waals surface area contributed by atoms with Crippen LogP contribution in [0.15, 0.2) is 54.6 Å². The summed E-state index contributed by atoms with van der Waals surface area (Å²) < 4.78 is 0. The number of aromatic amines is 1. The summed E-state index contributed by atoms with van der Waals surface area (Å²) in [5.74, 6) is -0.366. The standard InChI is InChI=1S/C25H28ClN3O3/c26-14-13-23(31)29(19-10-6-11-20(30)16-19)24(25(32)27-18-8-2-1-3-9-18)22-15-17-7-4-5-12-21(17)28-22/h4-7,10-12,15-16,18,24,28,30H,1-3,8-9,13-14H2,(H,27,32). The first-order valence-corrected chi connectivity index (χ1v) is 11.7. The Hall–Kier alpha value is -2.99. The van der Waals surface area contributed by atoms with Crippen LogP contribution >= 0.6 is 11.6 Å². The van der Waals surface area contributed by atoms with E-state index in [1.807, 2.05) is 30.3 Å². The number of phenolic OH excluding ortho intramolecular Hbond substituents is 1. The molecule has 4 rings (SSSR count). The quantitative estimate of drug-likeness (QED) is 0.439. The maximum Gasteiger partial charge on any atom is 0.249 e. The number of carbonyl (C=O) groups is 2. The van der Waals surface area contributed by atoms with Crippen molar-refractivity contribution in [2.75, 3.05) is 10.8 Å². The Morgan fingerprint density at radius 2 is 1.88 bits per heavy atom. The Morgan fingerprint density at radius 1 is 1.09 bits per heavy atom. The van der Waals surface area contributed by atoms with E-state index in [-0.39, 0.29) is 35.9 Å². The van der Waals surface area contributed by atoms with Crippen molar-refractivity contribution in [1.82, 2.24) is 10.3 Å². The van der Waals surface area contributed by atoms with Gasteiger partial charge in [0.25, 0.3) is 0 Å². The zero-order chi connectivity index (χ0) is 22.5. The van der Waals surface area contributed by atoms with Crippen LogP contribution in [0.5, 0.6) is 5.75 Å². The summed E-state index contributed by atoms with van der Waals surface area (Å²) in [5.41, 5.74) is 1.95. The number of halogens is 1. The molecule has 1 unspecified atom stereocenters. The lowest BCUT2D eigenvalue weighted by atomic mass is 9.95. The number of rotatable bonds is 7. The van der Waals surface area contributed by atoms with Crippen LogP contribution in [0.25, 0.3) is 10.9 Å². The molecule has 1 aromatic heterocycles. The Labute approximate surface area is 192 Å². The van der Waals surface area contributed by atoms with Crippen LogP contribution in [0.2, 0.25) is 0 Å². The van der Waals surface area contributed by atoms with Crippen molar-refractivity contribution in [3.8, 4) is 5.75 Å². The number of alkyl halides is 1. The average Bonchev–Trinajstić information content (AvgIpc) is 3.21. The van der Waals surface area contributed by atoms with Gasteiger partial charge in [0.1, 0.15) is 5.75 Å². The molecule has 1 heterocycles. The van der Waals surface area contributed by atoms with Crippen LogP contribution in [0.1, 0.15) is 50.3 Å². The Balaban J connectivity index is 1.78. The molecule has 3 aromatic rings. The predicted octanol–water partition coefficient (Wildman–Crippen LogP) is 5.03. The predicted molar refractivity (Wildman–Crippen MR) is 127 cm³/mol. The van der Waals surface area contributed by atoms with E-state index in [4.69, 9.17) is 11.6 Å². The number of hydrogen-bond acceptors (Lipinski definition) is 3. The van der Waals surface area contributed by atoms with Gasteiger partial charge in [0.2, 0.25) is 11.8 Å². The zero-order valence-corrected chi connectivity index (χ0v) is 18.6. The monoisotopic (exact) mass is 453 g/mol. The third-order valence-electron chi connectivity index (χ3n) is 5.99. The number of para-hydroxylation sites is 1. The number of phenols is 1. The summed E-state index contributed by atoms with van der Waals surface area (Å²) in [6, 6.07) is 15.3. The Bertz CT molecular complexity index is 1060. The first kappa shape index (κ1) is 22.2. The molecule has 6 nitrogen and oxygen atoms in total. The number of H-pyrrole nitrogens is 1. The summed E-state index contributed by atoms with van der Waals surface area (Å²) in [6.07, 6.45) is 5.30. The molecule has 2 aromatic carbocycles. The number of nitrogens with one attached hydrogen (secondary N) is 2. The maximum atomic E-state index is 13.7. The number of hydrogen-bond donors (Lipinski definition) is 3. The van der Waals surface area contributed by atoms with Gasteiger partial charge in [-0.1, -0.05) is 43.5 Å². The molecule has 1 atom stereocenters. The molecule has 3 N–H and O–H groups in total. The van der Waals surface area contributed by atoms with E-state index in [1.165, 1.54) is 23.5 Å². The van der Waals surface area contributed by atoms with Crippen LogP contribution in [0, 0.1) is 0 Å². The topological polar surface area (TPSA) is 85.4 Å². The van der Waals surface area contributed by atoms with Gasteiger partial charge in [-0.15, -0.1) is 11.6 Å². The van der Waals surface area contributed by atoms with Gasteiger partial charge in [-0.25, -0.2) is 0 Å². The first-order chi connectivity index (χ1) is 15.6. The van der Waals surface area contributed by atoms with Gasteiger partial charge in [0, 0.05) is 41.3 Å². The highest BCUT2D eigenvalue weighted by Crippen LogP contribution is 2.32. The Kier molecular flexibility index (Phi) is 7.00. The molecule has 2 amide bonds. The lowest BCUT2D eigenvalue weighted by molar-refractivity contribution is -0.127. The zero-order valence-electron chi connectivity index (χ0n) is 17.9. The van der Waals surface area contributed by atoms with Gasteiger partial charge in [0.15, 0.2) is 6.04 Å². The van der Waals surface area contributed by atoms with Crippen molar-refractivity contribution in [1.29, 1.82) is 0 Å². The van der Waals surface area contributed by atoms with E-state index in [1.54, 1.807) is 12.1 Å². The minimum Gasteiger partial charge on any atom is -0.508 e. The fourth-order valence-electron chi connectivity index (χ4n) is 4.45. The Morgan fingerprint density at radius 3 is 2.59 bits per heavy atom. The van der Waals surface area contributed by atoms with Gasteiger partial charge < -0.3 is 15.4 Å². The van der Waals surface area contributed by atoms with E-state index in [9.17, 15) is 14.7 Å². The van der Waals surface area contributed by atoms with Crippen LogP contribution in [0.4, 0.5) is 5.69 Å². The third-order valence-corrected chi connectivity index (χ3v) is 6.18. The highest BCUT2D eigenvalue weighted by molar-refractivity contribution is 6.19. The molecule has 0 radical (unpaired) electrons. The second kappa shape index (κ2) is 10.1. The summed E-state index contributed by atoms with van der Waals surface area (Å²) in [7, 11) is 0. The largest absolute Gasteiger partial charge is 0.508 e. The highest BCUT2D eigenvalue weighted by Gasteiger charge is 2.35. The van der Waals surface area contributed by atoms with Crippen LogP contribution in [-0.2, 0) is 9.59 Å². The van der Waals surface area contributed by atoms with E-state index < -0.39 is 6.04 Å². The molecule has 1 aliphatic carbocycles. The highest BCUT2D eigenvalue weighted by atomic mass is 35.5. The van der Waals surface area contributed by atoms with Crippen molar-refractivity contribution >= 4 is 40.0 Å². The van der Waals surface area contributed by atoms with E-state index in [0.717, 1.165) is 36.6 Å². The fraction of sp³-hybridized carbons (Fsp3) is 0.360. The van der Waals surface area contributed by atoms with Gasteiger partial charge in [-0.2, -0.15) is 0 Å². The number of aromatic nitrogens is 1. The van der Waals surface area contributed by atoms with Crippen molar-refractivity contribution < 1.29 is 14.7 Å². The number of anilines is 1. The average molecular weight is 454 g/mol. The fourth-order valence-corrected chi connectivity index (χ4v) is 4.61. The minimum atomic E-state index is -0.915. The molecule has 168 valence electrons. The molecule has 1 fully saturated rings. The van der Waals surface area contributed by atoms with Crippen molar-refractivity contribution in [2.45, 2.75) is 50.6 Å². The first-order valence-electron chi connectivity index (χ1n) is 11.1. The second-order valence-corrected chi connectivity index (χ2v) is 8.66. The smallest absolute Gasteiger partial charge is 0.249 e. The molecule has 0 saturated heterocycles. The third kappa shape index (κ3) is 4.91. The van der Waals surface area contributed by atoms with Gasteiger partial charge in [-0.05, 0) is 42.5 Å². The molecule has 0 bridgehead atoms. The summed E-state index contributed by atoms with van der Waals surface area (Å²) in [6.45, 7) is 0. The molecule has 0 spiro atoms. The van der Waals surface area contributed by atoms with Crippen LogP contribution < -0.4 is 10.2 Å². The minimum absolute atomic E-state index is 0.0225. The van der Waals surface area contributed by atoms with Gasteiger partial charge in [-0.3, -0.25) is 14.5 Å². The molecule has 7 heteroatoms. The number of nitrogens with zero attached hydrogens (tertiary/aromatic N) is 1. The number of carbonyl (C=O) groups excluding carboxylic acids is 2. The molecule has 1 saturated carbocycles. The number of aromatic hydroxyl groups is 1. The number of benzene rings is 2. The van der Waals surface area contributed by atoms with E-state index in [0.29, 0.717) is 11.4 Å². The second-order valence-electron chi connectivity index (χ2n) is 8.28. The molecular formula is C25H28ClN3O3. The van der Waals surface area contributed by atoms with E-state index in [2.05, 4.69) is 10.3 Å². The van der Waals surface area contributed by atoms with E-state index >= 15 is 0 Å². The van der Waals surface area contributed by atoms with Gasteiger partial charge in [0.05, 0.1) is 0 Å². The number of fused-ring (bicyclic) bond motifs is 1. The van der Waals surface area contributed by atoms with Crippen molar-refractivity contribution in [3.05, 3.63) is 60.3 Å². The maximum absolute atomic E-state index is 13.7. The van der Waals surface area contributed by atoms with Crippen LogP contribution in [0.3, 0.4) is 0 Å². The van der Waals surface area contributed by atoms with Crippen molar-refractivity contribution in [3.63, 3.8) is 0 Å². The lowest BCUT2D eigenvalue weighted by Gasteiger charge is -2.32. The SMILES string of the molecule is O=C(NC1CCCCC1)C(c1cc2ccccc2[nH]1)N(C(=O)CCCl)c1cccc(O)c1. The van der Waals surface area contributed by atoms with Crippen LogP contribution in [-0.4, -0.2) is 33.8 Å². The molecule has 1 aliphatic rings.